The van der Waals surface area contributed by atoms with Crippen molar-refractivity contribution in [1.82, 2.24) is 0 Å². The molecule has 0 saturated carbocycles. The fourth-order valence-electron chi connectivity index (χ4n) is 9.06. The third-order valence-corrected chi connectivity index (χ3v) is 12.8. The number of benzene rings is 9. The molecular formula is C67H62N4. The minimum Gasteiger partial charge on any atom is -0.311 e. The van der Waals surface area contributed by atoms with Crippen LogP contribution in [0.4, 0.5) is 62.6 Å². The van der Waals surface area contributed by atoms with Gasteiger partial charge in [0.15, 0.2) is 0 Å². The van der Waals surface area contributed by atoms with Gasteiger partial charge < -0.3 is 19.6 Å². The zero-order chi connectivity index (χ0) is 49.3. The summed E-state index contributed by atoms with van der Waals surface area (Å²) >= 11 is 0. The van der Waals surface area contributed by atoms with Gasteiger partial charge in [-0.05, 0) is 185 Å². The second-order valence-corrected chi connectivity index (χ2v) is 18.2. The van der Waals surface area contributed by atoms with Crippen LogP contribution in [-0.2, 0) is 0 Å². The van der Waals surface area contributed by atoms with Gasteiger partial charge in [0.2, 0.25) is 0 Å². The zero-order valence-electron chi connectivity index (χ0n) is 41.8. The first kappa shape index (κ1) is 47.5. The number of anilines is 11. The van der Waals surface area contributed by atoms with E-state index in [1.54, 1.807) is 0 Å². The Balaban J connectivity index is 1.33. The molecule has 0 aromatic heterocycles. The molecule has 0 unspecified atom stereocenters. The summed E-state index contributed by atoms with van der Waals surface area (Å²) in [4.78, 5) is 9.43. The second kappa shape index (κ2) is 21.8. The van der Waals surface area contributed by atoms with Crippen molar-refractivity contribution < 1.29 is 0 Å². The molecule has 9 aromatic carbocycles. The van der Waals surface area contributed by atoms with Crippen LogP contribution in [0.2, 0.25) is 0 Å². The van der Waals surface area contributed by atoms with Gasteiger partial charge in [0, 0.05) is 68.3 Å². The first-order chi connectivity index (χ1) is 34.7. The SMILES string of the molecule is C=C(c1cc(N(C(/C=C\CC)=C/C)c2ccc(C)cc2)cc(N(c2ccccc2)c2ccc(C)cc2)c1)c1cc(N(c2ccccc2)c2ccc(C)cc2)cc(N(c2ccccc2)c2ccc(C)cc2)c1. The summed E-state index contributed by atoms with van der Waals surface area (Å²) in [6.45, 7) is 17.9. The molecule has 9 rings (SSSR count). The van der Waals surface area contributed by atoms with Gasteiger partial charge in [-0.2, -0.15) is 0 Å². The summed E-state index contributed by atoms with van der Waals surface area (Å²) in [5.74, 6) is 0. The molecule has 0 aliphatic heterocycles. The van der Waals surface area contributed by atoms with Crippen LogP contribution in [0, 0.1) is 27.7 Å². The Hall–Kier alpha value is -8.60. The zero-order valence-corrected chi connectivity index (χ0v) is 41.8. The molecule has 4 heteroatoms. The van der Waals surface area contributed by atoms with E-state index in [1.807, 2.05) is 0 Å². The van der Waals surface area contributed by atoms with E-state index in [9.17, 15) is 0 Å². The van der Waals surface area contributed by atoms with Gasteiger partial charge in [-0.15, -0.1) is 0 Å². The molecule has 0 aliphatic carbocycles. The molecule has 0 bridgehead atoms. The lowest BCUT2D eigenvalue weighted by molar-refractivity contribution is 1.16. The highest BCUT2D eigenvalue weighted by Gasteiger charge is 2.23. The lowest BCUT2D eigenvalue weighted by atomic mass is 9.95. The molecule has 0 atom stereocenters. The van der Waals surface area contributed by atoms with Gasteiger partial charge in [0.25, 0.3) is 0 Å². The highest BCUT2D eigenvalue weighted by Crippen LogP contribution is 2.46. The van der Waals surface area contributed by atoms with Crippen LogP contribution >= 0.6 is 0 Å². The normalized spacial score (nSPS) is 11.4. The number of aryl methyl sites for hydroxylation is 4. The van der Waals surface area contributed by atoms with Crippen molar-refractivity contribution >= 4 is 68.1 Å². The van der Waals surface area contributed by atoms with Gasteiger partial charge >= 0.3 is 0 Å². The summed E-state index contributed by atoms with van der Waals surface area (Å²) < 4.78 is 0. The number of para-hydroxylation sites is 3. The maximum absolute atomic E-state index is 5.06. The van der Waals surface area contributed by atoms with Crippen LogP contribution in [0.3, 0.4) is 0 Å². The van der Waals surface area contributed by atoms with E-state index in [2.05, 4.69) is 304 Å². The van der Waals surface area contributed by atoms with Gasteiger partial charge in [-0.25, -0.2) is 0 Å². The molecule has 0 aliphatic rings. The van der Waals surface area contributed by atoms with Gasteiger partial charge in [0.05, 0.1) is 0 Å². The molecular weight excluding hydrogens is 861 g/mol. The number of rotatable bonds is 16. The smallest absolute Gasteiger partial charge is 0.0488 e. The minimum atomic E-state index is 0.886. The van der Waals surface area contributed by atoms with E-state index in [1.165, 1.54) is 22.3 Å². The molecule has 0 radical (unpaired) electrons. The van der Waals surface area contributed by atoms with Crippen LogP contribution < -0.4 is 19.6 Å². The maximum Gasteiger partial charge on any atom is 0.0488 e. The summed E-state index contributed by atoms with van der Waals surface area (Å²) in [6, 6.07) is 81.0. The molecule has 9 aromatic rings. The standard InChI is InChI=1S/C67H62N4/c1-8-10-20-56(9-2)68(60-35-27-49(3)28-36-60)64-43-54(44-65(47-64)69(57-21-14-11-15-22-57)61-37-29-50(4)30-38-61)53(7)55-45-66(70(58-23-16-12-17-24-58)62-39-31-51(5)32-40-62)48-67(46-55)71(59-25-18-13-19-26-59)63-41-33-52(6)34-42-63/h9-48H,7-8H2,1-6H3/b20-10-,56-9+. The summed E-state index contributed by atoms with van der Waals surface area (Å²) in [6.07, 6.45) is 7.58. The van der Waals surface area contributed by atoms with Crippen molar-refractivity contribution in [2.24, 2.45) is 0 Å². The van der Waals surface area contributed by atoms with E-state index in [-0.39, 0.29) is 0 Å². The topological polar surface area (TPSA) is 13.0 Å². The van der Waals surface area contributed by atoms with Crippen molar-refractivity contribution in [2.75, 3.05) is 19.6 Å². The molecule has 0 fully saturated rings. The fraction of sp³-hybridized carbons (Fsp3) is 0.104. The van der Waals surface area contributed by atoms with E-state index in [4.69, 9.17) is 6.58 Å². The van der Waals surface area contributed by atoms with Crippen LogP contribution in [-0.4, -0.2) is 0 Å². The Kier molecular flexibility index (Phi) is 14.6. The van der Waals surface area contributed by atoms with E-state index in [0.717, 1.165) is 91.4 Å². The maximum atomic E-state index is 5.06. The number of hydrogen-bond acceptors (Lipinski definition) is 4. The van der Waals surface area contributed by atoms with Crippen molar-refractivity contribution in [3.63, 3.8) is 0 Å². The first-order valence-electron chi connectivity index (χ1n) is 24.6. The Morgan fingerprint density at radius 1 is 0.366 bits per heavy atom. The Morgan fingerprint density at radius 2 is 0.662 bits per heavy atom. The Morgan fingerprint density at radius 3 is 0.986 bits per heavy atom. The van der Waals surface area contributed by atoms with Gasteiger partial charge in [-0.3, -0.25) is 0 Å². The Labute approximate surface area is 422 Å². The van der Waals surface area contributed by atoms with Gasteiger partial charge in [0.1, 0.15) is 0 Å². The Bertz CT molecular complexity index is 3160. The first-order valence-corrected chi connectivity index (χ1v) is 24.6. The average molecular weight is 923 g/mol. The molecule has 350 valence electrons. The lowest BCUT2D eigenvalue weighted by Crippen LogP contribution is -2.17. The third-order valence-electron chi connectivity index (χ3n) is 12.8. The summed E-state index contributed by atoms with van der Waals surface area (Å²) in [7, 11) is 0. The van der Waals surface area contributed by atoms with Crippen LogP contribution in [0.5, 0.6) is 0 Å². The lowest BCUT2D eigenvalue weighted by Gasteiger charge is -2.32. The molecule has 0 N–H and O–H groups in total. The highest BCUT2D eigenvalue weighted by atomic mass is 15.2. The molecule has 0 spiro atoms. The predicted octanol–water partition coefficient (Wildman–Crippen LogP) is 19.4. The van der Waals surface area contributed by atoms with Gasteiger partial charge in [-0.1, -0.05) is 151 Å². The van der Waals surface area contributed by atoms with Crippen LogP contribution in [0.25, 0.3) is 5.57 Å². The van der Waals surface area contributed by atoms with Crippen molar-refractivity contribution in [3.05, 3.63) is 288 Å². The number of nitrogens with zero attached hydrogens (tertiary/aromatic N) is 4. The van der Waals surface area contributed by atoms with Crippen LogP contribution in [0.15, 0.2) is 255 Å². The van der Waals surface area contributed by atoms with E-state index in [0.29, 0.717) is 0 Å². The van der Waals surface area contributed by atoms with Crippen molar-refractivity contribution in [3.8, 4) is 0 Å². The average Bonchev–Trinajstić information content (AvgIpc) is 3.40. The van der Waals surface area contributed by atoms with E-state index >= 15 is 0 Å². The predicted molar refractivity (Wildman–Crippen MR) is 306 cm³/mol. The number of hydrogen-bond donors (Lipinski definition) is 0. The molecule has 0 amide bonds. The van der Waals surface area contributed by atoms with Crippen LogP contribution in [0.1, 0.15) is 53.6 Å². The van der Waals surface area contributed by atoms with E-state index < -0.39 is 0 Å². The largest absolute Gasteiger partial charge is 0.311 e. The molecule has 4 nitrogen and oxygen atoms in total. The second-order valence-electron chi connectivity index (χ2n) is 18.2. The quantitative estimate of drug-likeness (QED) is 0.0895. The molecule has 0 saturated heterocycles. The number of allylic oxidation sites excluding steroid dienone is 3. The van der Waals surface area contributed by atoms with Crippen molar-refractivity contribution in [2.45, 2.75) is 48.0 Å². The summed E-state index contributed by atoms with van der Waals surface area (Å²) in [5, 5.41) is 0. The molecule has 71 heavy (non-hydrogen) atoms. The third kappa shape index (κ3) is 10.8. The fourth-order valence-corrected chi connectivity index (χ4v) is 9.06. The monoisotopic (exact) mass is 922 g/mol. The van der Waals surface area contributed by atoms with Crippen molar-refractivity contribution in [1.29, 1.82) is 0 Å². The molecule has 0 heterocycles. The summed E-state index contributed by atoms with van der Waals surface area (Å²) in [5.41, 5.74) is 20.2. The minimum absolute atomic E-state index is 0.886. The highest BCUT2D eigenvalue weighted by molar-refractivity contribution is 5.92.